The van der Waals surface area contributed by atoms with E-state index in [4.69, 9.17) is 4.74 Å². The maximum atomic E-state index is 11.8. The number of hydroxylamine groups is 1. The molecule has 1 N–H and O–H groups in total. The quantitative estimate of drug-likeness (QED) is 0.361. The fourth-order valence-electron chi connectivity index (χ4n) is 1.91. The zero-order chi connectivity index (χ0) is 17.2. The molecule has 6 heteroatoms. The van der Waals surface area contributed by atoms with Gasteiger partial charge in [0.25, 0.3) is 0 Å². The van der Waals surface area contributed by atoms with Gasteiger partial charge >= 0.3 is 11.9 Å². The third-order valence-electron chi connectivity index (χ3n) is 2.97. The number of carbonyl (C=O) groups is 3. The number of amides is 1. The average Bonchev–Trinajstić information content (AvgIpc) is 2.52. The van der Waals surface area contributed by atoms with E-state index in [0.717, 1.165) is 17.5 Å². The molecule has 0 radical (unpaired) electrons. The molecular weight excluding hydrogens is 298 g/mol. The summed E-state index contributed by atoms with van der Waals surface area (Å²) < 4.78 is 5.29. The van der Waals surface area contributed by atoms with E-state index >= 15 is 0 Å². The first-order valence-electron chi connectivity index (χ1n) is 7.31. The summed E-state index contributed by atoms with van der Waals surface area (Å²) in [5.41, 5.74) is 3.83. The van der Waals surface area contributed by atoms with Crippen LogP contribution >= 0.6 is 0 Å². The van der Waals surface area contributed by atoms with E-state index in [1.165, 1.54) is 6.92 Å². The number of esters is 1. The van der Waals surface area contributed by atoms with Crippen molar-refractivity contribution in [3.05, 3.63) is 48.0 Å². The van der Waals surface area contributed by atoms with Crippen LogP contribution in [0, 0.1) is 0 Å². The summed E-state index contributed by atoms with van der Waals surface area (Å²) in [5, 5.41) is 0. The smallest absolute Gasteiger partial charge is 0.343 e. The third kappa shape index (κ3) is 6.78. The van der Waals surface area contributed by atoms with Gasteiger partial charge in [0.2, 0.25) is 5.91 Å². The molecule has 0 saturated heterocycles. The highest BCUT2D eigenvalue weighted by molar-refractivity contribution is 5.91. The largest absolute Gasteiger partial charge is 0.457 e. The maximum Gasteiger partial charge on any atom is 0.343 e. The van der Waals surface area contributed by atoms with E-state index in [2.05, 4.69) is 11.4 Å². The topological polar surface area (TPSA) is 81.7 Å². The zero-order valence-electron chi connectivity index (χ0n) is 13.3. The number of nitrogens with one attached hydrogen (secondary N) is 1. The molecule has 0 spiro atoms. The second-order valence-electron chi connectivity index (χ2n) is 4.93. The minimum absolute atomic E-state index is 0.436. The first-order valence-corrected chi connectivity index (χ1v) is 7.31. The van der Waals surface area contributed by atoms with Crippen molar-refractivity contribution < 1.29 is 24.0 Å². The van der Waals surface area contributed by atoms with Crippen LogP contribution in [0.2, 0.25) is 0 Å². The second kappa shape index (κ2) is 9.40. The zero-order valence-corrected chi connectivity index (χ0v) is 13.3. The van der Waals surface area contributed by atoms with Crippen LogP contribution in [0.25, 0.3) is 0 Å². The van der Waals surface area contributed by atoms with Crippen molar-refractivity contribution in [2.24, 2.45) is 0 Å². The molecule has 0 aliphatic carbocycles. The summed E-state index contributed by atoms with van der Waals surface area (Å²) in [6.45, 7) is 6.75. The molecule has 0 aliphatic rings. The molecule has 6 nitrogen and oxygen atoms in total. The Kier molecular flexibility index (Phi) is 7.53. The lowest BCUT2D eigenvalue weighted by atomic mass is 10.0. The lowest BCUT2D eigenvalue weighted by molar-refractivity contribution is -0.165. The van der Waals surface area contributed by atoms with Gasteiger partial charge in [0.1, 0.15) is 12.5 Å². The van der Waals surface area contributed by atoms with E-state index in [1.54, 1.807) is 0 Å². The Hall–Kier alpha value is -2.63. The lowest BCUT2D eigenvalue weighted by Gasteiger charge is -2.16. The van der Waals surface area contributed by atoms with Gasteiger partial charge in [0.15, 0.2) is 0 Å². The maximum absolute atomic E-state index is 11.8. The highest BCUT2D eigenvalue weighted by atomic mass is 16.7. The predicted molar refractivity (Wildman–Crippen MR) is 84.0 cm³/mol. The summed E-state index contributed by atoms with van der Waals surface area (Å²) in [6, 6.07) is 7.66. The molecule has 1 aromatic rings. The molecule has 1 aromatic carbocycles. The summed E-state index contributed by atoms with van der Waals surface area (Å²) >= 11 is 0. The molecule has 0 fully saturated rings. The van der Waals surface area contributed by atoms with Crippen molar-refractivity contribution in [2.45, 2.75) is 39.2 Å². The summed E-state index contributed by atoms with van der Waals surface area (Å²) in [6.07, 6.45) is 2.16. The summed E-state index contributed by atoms with van der Waals surface area (Å²) in [5.74, 6) is -2.11. The third-order valence-corrected chi connectivity index (χ3v) is 2.97. The van der Waals surface area contributed by atoms with E-state index in [1.807, 2.05) is 42.7 Å². The predicted octanol–water partition coefficient (Wildman–Crippen LogP) is 2.39. The number of hydrogen-bond donors (Lipinski definition) is 1. The van der Waals surface area contributed by atoms with Crippen molar-refractivity contribution in [2.75, 3.05) is 0 Å². The molecule has 1 atom stereocenters. The van der Waals surface area contributed by atoms with Gasteiger partial charge in [-0.2, -0.15) is 5.48 Å². The number of hydrogen-bond acceptors (Lipinski definition) is 5. The standard InChI is InChI=1S/C17H21NO5/c1-4-6-13-7-9-14(10-8-13)15(5-2)22-16(20)11-17(21)23-18-12(3)19/h4,7-10,15H,1,5-6,11H2,2-3H3,(H,18,19). The van der Waals surface area contributed by atoms with E-state index in [9.17, 15) is 14.4 Å². The van der Waals surface area contributed by atoms with Gasteiger partial charge in [0.05, 0.1) is 0 Å². The van der Waals surface area contributed by atoms with Crippen molar-refractivity contribution in [1.82, 2.24) is 5.48 Å². The normalized spacial score (nSPS) is 11.2. The van der Waals surface area contributed by atoms with Crippen LogP contribution in [-0.2, 0) is 30.4 Å². The number of carbonyl (C=O) groups excluding carboxylic acids is 3. The molecule has 124 valence electrons. The molecule has 0 bridgehead atoms. The van der Waals surface area contributed by atoms with Gasteiger partial charge in [-0.05, 0) is 24.0 Å². The van der Waals surface area contributed by atoms with Gasteiger partial charge in [-0.1, -0.05) is 37.3 Å². The Morgan fingerprint density at radius 3 is 2.39 bits per heavy atom. The van der Waals surface area contributed by atoms with Crippen LogP contribution in [0.4, 0.5) is 0 Å². The highest BCUT2D eigenvalue weighted by Gasteiger charge is 2.19. The Morgan fingerprint density at radius 2 is 1.87 bits per heavy atom. The molecule has 0 aliphatic heterocycles. The minimum Gasteiger partial charge on any atom is -0.457 e. The van der Waals surface area contributed by atoms with Crippen molar-refractivity contribution >= 4 is 17.8 Å². The summed E-state index contributed by atoms with van der Waals surface area (Å²) in [4.78, 5) is 38.1. The van der Waals surface area contributed by atoms with Crippen molar-refractivity contribution in [3.63, 3.8) is 0 Å². The van der Waals surface area contributed by atoms with Crippen LogP contribution in [0.3, 0.4) is 0 Å². The van der Waals surface area contributed by atoms with Gasteiger partial charge in [0, 0.05) is 6.92 Å². The van der Waals surface area contributed by atoms with E-state index in [0.29, 0.717) is 6.42 Å². The van der Waals surface area contributed by atoms with Crippen molar-refractivity contribution in [1.29, 1.82) is 0 Å². The molecule has 1 amide bonds. The molecule has 1 unspecified atom stereocenters. The van der Waals surface area contributed by atoms with E-state index < -0.39 is 30.4 Å². The number of rotatable bonds is 7. The molecule has 0 saturated carbocycles. The number of benzene rings is 1. The summed E-state index contributed by atoms with van der Waals surface area (Å²) in [7, 11) is 0. The molecular formula is C17H21NO5. The molecule has 1 rings (SSSR count). The monoisotopic (exact) mass is 319 g/mol. The van der Waals surface area contributed by atoms with Crippen molar-refractivity contribution in [3.8, 4) is 0 Å². The van der Waals surface area contributed by atoms with Gasteiger partial charge in [-0.3, -0.25) is 9.59 Å². The Bertz CT molecular complexity index is 565. The van der Waals surface area contributed by atoms with Crippen LogP contribution < -0.4 is 5.48 Å². The Morgan fingerprint density at radius 1 is 1.22 bits per heavy atom. The van der Waals surface area contributed by atoms with E-state index in [-0.39, 0.29) is 0 Å². The first-order chi connectivity index (χ1) is 11.0. The van der Waals surface area contributed by atoms with Gasteiger partial charge < -0.3 is 9.57 Å². The average molecular weight is 319 g/mol. The first kappa shape index (κ1) is 18.4. The minimum atomic E-state index is -0.874. The second-order valence-corrected chi connectivity index (χ2v) is 4.93. The molecule has 23 heavy (non-hydrogen) atoms. The SMILES string of the molecule is C=CCc1ccc(C(CC)OC(=O)CC(=O)ONC(C)=O)cc1. The van der Waals surface area contributed by atoms with Crippen LogP contribution in [0.1, 0.15) is 43.9 Å². The Labute approximate surface area is 135 Å². The number of allylic oxidation sites excluding steroid dienone is 1. The van der Waals surface area contributed by atoms with Gasteiger partial charge in [-0.15, -0.1) is 6.58 Å². The highest BCUT2D eigenvalue weighted by Crippen LogP contribution is 2.22. The number of ether oxygens (including phenoxy) is 1. The van der Waals surface area contributed by atoms with Crippen LogP contribution in [0.5, 0.6) is 0 Å². The fourth-order valence-corrected chi connectivity index (χ4v) is 1.91. The lowest BCUT2D eigenvalue weighted by Crippen LogP contribution is -2.26. The van der Waals surface area contributed by atoms with Gasteiger partial charge in [-0.25, -0.2) is 4.79 Å². The Balaban J connectivity index is 2.57. The van der Waals surface area contributed by atoms with Crippen LogP contribution in [0.15, 0.2) is 36.9 Å². The van der Waals surface area contributed by atoms with Crippen LogP contribution in [-0.4, -0.2) is 17.8 Å². The molecule has 0 heterocycles. The fraction of sp³-hybridized carbons (Fsp3) is 0.353. The molecule has 0 aromatic heterocycles.